The van der Waals surface area contributed by atoms with Gasteiger partial charge in [0, 0.05) is 13.0 Å². The summed E-state index contributed by atoms with van der Waals surface area (Å²) in [4.78, 5) is 23.3. The van der Waals surface area contributed by atoms with E-state index >= 15 is 0 Å². The van der Waals surface area contributed by atoms with Gasteiger partial charge in [0.15, 0.2) is 0 Å². The van der Waals surface area contributed by atoms with Crippen LogP contribution in [0.5, 0.6) is 0 Å². The molecule has 0 aliphatic heterocycles. The lowest BCUT2D eigenvalue weighted by molar-refractivity contribution is -0.149. The SMILES string of the molecule is CC(=O)OCCNC(=O)C12CC3CC(C1)C(N)C(C3)C2. The van der Waals surface area contributed by atoms with Crippen LogP contribution in [0.1, 0.15) is 39.0 Å². The summed E-state index contributed by atoms with van der Waals surface area (Å²) in [5.41, 5.74) is 6.10. The Morgan fingerprint density at radius 3 is 2.50 bits per heavy atom. The van der Waals surface area contributed by atoms with E-state index in [-0.39, 0.29) is 23.9 Å². The predicted octanol–water partition coefficient (Wildman–Crippen LogP) is 0.819. The molecule has 0 spiro atoms. The van der Waals surface area contributed by atoms with Gasteiger partial charge in [0.1, 0.15) is 6.61 Å². The lowest BCUT2D eigenvalue weighted by atomic mass is 9.48. The Bertz CT molecular complexity index is 407. The van der Waals surface area contributed by atoms with Crippen molar-refractivity contribution in [3.63, 3.8) is 0 Å². The average Bonchev–Trinajstić information content (AvgIpc) is 2.39. The van der Waals surface area contributed by atoms with Crippen LogP contribution in [0.2, 0.25) is 0 Å². The van der Waals surface area contributed by atoms with Crippen molar-refractivity contribution < 1.29 is 14.3 Å². The van der Waals surface area contributed by atoms with Gasteiger partial charge in [-0.3, -0.25) is 9.59 Å². The number of esters is 1. The van der Waals surface area contributed by atoms with E-state index in [0.29, 0.717) is 30.3 Å². The van der Waals surface area contributed by atoms with Crippen molar-refractivity contribution in [2.24, 2.45) is 28.9 Å². The maximum Gasteiger partial charge on any atom is 0.302 e. The Labute approximate surface area is 119 Å². The van der Waals surface area contributed by atoms with Crippen LogP contribution in [-0.4, -0.2) is 31.1 Å². The summed E-state index contributed by atoms with van der Waals surface area (Å²) in [6, 6.07) is 0.300. The molecule has 3 N–H and O–H groups in total. The van der Waals surface area contributed by atoms with Gasteiger partial charge >= 0.3 is 5.97 Å². The van der Waals surface area contributed by atoms with Gasteiger partial charge in [-0.05, 0) is 49.9 Å². The van der Waals surface area contributed by atoms with Crippen molar-refractivity contribution in [1.29, 1.82) is 0 Å². The first-order valence-electron chi connectivity index (χ1n) is 7.67. The zero-order chi connectivity index (χ0) is 14.3. The van der Waals surface area contributed by atoms with E-state index < -0.39 is 0 Å². The molecule has 0 aromatic rings. The fraction of sp³-hybridized carbons (Fsp3) is 0.867. The van der Waals surface area contributed by atoms with Crippen LogP contribution in [0.3, 0.4) is 0 Å². The number of rotatable bonds is 4. The summed E-state index contributed by atoms with van der Waals surface area (Å²) in [6.45, 7) is 2.04. The number of hydrogen-bond donors (Lipinski definition) is 2. The van der Waals surface area contributed by atoms with Gasteiger partial charge in [0.25, 0.3) is 0 Å². The molecule has 4 rings (SSSR count). The molecule has 5 heteroatoms. The Kier molecular flexibility index (Phi) is 3.48. The van der Waals surface area contributed by atoms with E-state index in [1.165, 1.54) is 19.8 Å². The van der Waals surface area contributed by atoms with Crippen molar-refractivity contribution >= 4 is 11.9 Å². The van der Waals surface area contributed by atoms with Gasteiger partial charge in [-0.2, -0.15) is 0 Å². The maximum atomic E-state index is 12.6. The average molecular weight is 280 g/mol. The Hall–Kier alpha value is -1.10. The van der Waals surface area contributed by atoms with Crippen LogP contribution in [0.4, 0.5) is 0 Å². The van der Waals surface area contributed by atoms with E-state index in [1.54, 1.807) is 0 Å². The quantitative estimate of drug-likeness (QED) is 0.590. The van der Waals surface area contributed by atoms with Gasteiger partial charge in [-0.1, -0.05) is 0 Å². The second-order valence-electron chi connectivity index (χ2n) is 6.92. The molecular weight excluding hydrogens is 256 g/mol. The Morgan fingerprint density at radius 2 is 1.90 bits per heavy atom. The largest absolute Gasteiger partial charge is 0.464 e. The molecule has 4 aliphatic carbocycles. The van der Waals surface area contributed by atoms with Crippen LogP contribution < -0.4 is 11.1 Å². The second kappa shape index (κ2) is 5.02. The van der Waals surface area contributed by atoms with Crippen LogP contribution >= 0.6 is 0 Å². The molecule has 0 aromatic heterocycles. The lowest BCUT2D eigenvalue weighted by Crippen LogP contribution is -2.60. The van der Waals surface area contributed by atoms with Crippen molar-refractivity contribution in [2.45, 2.75) is 45.1 Å². The molecule has 5 nitrogen and oxygen atoms in total. The summed E-state index contributed by atoms with van der Waals surface area (Å²) in [5.74, 6) is 1.59. The summed E-state index contributed by atoms with van der Waals surface area (Å²) in [5, 5.41) is 2.95. The van der Waals surface area contributed by atoms with Crippen molar-refractivity contribution in [1.82, 2.24) is 5.32 Å². The zero-order valence-electron chi connectivity index (χ0n) is 12.1. The standard InChI is InChI=1S/C15H24N2O3/c1-9(18)20-3-2-17-14(19)15-6-10-4-11(7-15)13(16)12(5-10)8-15/h10-13H,2-8,16H2,1H3,(H,17,19). The number of carbonyl (C=O) groups excluding carboxylic acids is 2. The highest BCUT2D eigenvalue weighted by molar-refractivity contribution is 5.83. The van der Waals surface area contributed by atoms with E-state index in [2.05, 4.69) is 5.32 Å². The fourth-order valence-corrected chi connectivity index (χ4v) is 4.89. The first-order valence-corrected chi connectivity index (χ1v) is 7.67. The molecule has 4 fully saturated rings. The first-order chi connectivity index (χ1) is 9.50. The monoisotopic (exact) mass is 280 g/mol. The van der Waals surface area contributed by atoms with Gasteiger partial charge in [0.2, 0.25) is 5.91 Å². The zero-order valence-corrected chi connectivity index (χ0v) is 12.1. The molecule has 0 radical (unpaired) electrons. The minimum absolute atomic E-state index is 0.149. The second-order valence-corrected chi connectivity index (χ2v) is 6.92. The molecule has 0 saturated heterocycles. The van der Waals surface area contributed by atoms with Crippen LogP contribution in [0.15, 0.2) is 0 Å². The number of nitrogens with one attached hydrogen (secondary N) is 1. The minimum Gasteiger partial charge on any atom is -0.464 e. The van der Waals surface area contributed by atoms with E-state index in [1.807, 2.05) is 0 Å². The smallest absolute Gasteiger partial charge is 0.302 e. The molecule has 0 aromatic carbocycles. The van der Waals surface area contributed by atoms with Gasteiger partial charge in [0.05, 0.1) is 12.0 Å². The fourth-order valence-electron chi connectivity index (χ4n) is 4.89. The highest BCUT2D eigenvalue weighted by atomic mass is 16.5. The highest BCUT2D eigenvalue weighted by Crippen LogP contribution is 2.59. The number of amides is 1. The van der Waals surface area contributed by atoms with Crippen molar-refractivity contribution in [2.75, 3.05) is 13.2 Å². The third kappa shape index (κ3) is 2.32. The molecule has 2 unspecified atom stereocenters. The summed E-state index contributed by atoms with van der Waals surface area (Å²) >= 11 is 0. The third-order valence-electron chi connectivity index (χ3n) is 5.52. The molecule has 4 saturated carbocycles. The number of hydrogen-bond acceptors (Lipinski definition) is 4. The number of nitrogens with two attached hydrogens (primary N) is 1. The maximum absolute atomic E-state index is 12.6. The van der Waals surface area contributed by atoms with Crippen LogP contribution in [-0.2, 0) is 14.3 Å². The first kappa shape index (κ1) is 13.9. The molecule has 4 aliphatic rings. The van der Waals surface area contributed by atoms with E-state index in [0.717, 1.165) is 19.3 Å². The highest BCUT2D eigenvalue weighted by Gasteiger charge is 2.57. The van der Waals surface area contributed by atoms with Crippen molar-refractivity contribution in [3.05, 3.63) is 0 Å². The third-order valence-corrected chi connectivity index (χ3v) is 5.52. The van der Waals surface area contributed by atoms with E-state index in [9.17, 15) is 9.59 Å². The molecular formula is C15H24N2O3. The number of ether oxygens (including phenoxy) is 1. The topological polar surface area (TPSA) is 81.4 Å². The van der Waals surface area contributed by atoms with Crippen LogP contribution in [0, 0.1) is 23.2 Å². The summed E-state index contributed by atoms with van der Waals surface area (Å²) in [7, 11) is 0. The van der Waals surface area contributed by atoms with Gasteiger partial charge < -0.3 is 15.8 Å². The van der Waals surface area contributed by atoms with E-state index in [4.69, 9.17) is 10.5 Å². The molecule has 112 valence electrons. The Morgan fingerprint density at radius 1 is 1.25 bits per heavy atom. The minimum atomic E-state index is -0.306. The Balaban J connectivity index is 1.59. The van der Waals surface area contributed by atoms with Crippen LogP contribution in [0.25, 0.3) is 0 Å². The van der Waals surface area contributed by atoms with Gasteiger partial charge in [-0.25, -0.2) is 0 Å². The van der Waals surface area contributed by atoms with Crippen molar-refractivity contribution in [3.8, 4) is 0 Å². The normalized spacial score (nSPS) is 41.5. The lowest BCUT2D eigenvalue weighted by Gasteiger charge is -2.58. The molecule has 1 amide bonds. The summed E-state index contributed by atoms with van der Waals surface area (Å²) in [6.07, 6.45) is 5.33. The number of carbonyl (C=O) groups is 2. The molecule has 20 heavy (non-hydrogen) atoms. The molecule has 4 bridgehead atoms. The van der Waals surface area contributed by atoms with Gasteiger partial charge in [-0.15, -0.1) is 0 Å². The predicted molar refractivity (Wildman–Crippen MR) is 73.6 cm³/mol. The molecule has 2 atom stereocenters. The molecule has 0 heterocycles. The summed E-state index contributed by atoms with van der Waals surface area (Å²) < 4.78 is 4.85.